The van der Waals surface area contributed by atoms with Crippen LogP contribution in [-0.4, -0.2) is 66.3 Å². The standard InChI is InChI=1S/C29H25FN8O/c30-19-11-18(12-20(13-19)39-10-9-38-7-1-2-8-38)21-3-4-33-29-22(21)14-25(35-29)28-23-15-24(27-16-31-5-6-32-27)34-17-26(23)36-37-28/h3-6,11-17H,1-2,7-10H2,(H,33,35)(H,36,37). The van der Waals surface area contributed by atoms with Gasteiger partial charge in [-0.2, -0.15) is 5.10 Å². The molecule has 0 amide bonds. The van der Waals surface area contributed by atoms with Gasteiger partial charge < -0.3 is 9.72 Å². The maximum atomic E-state index is 14.7. The van der Waals surface area contributed by atoms with Crippen molar-refractivity contribution in [2.24, 2.45) is 0 Å². The molecule has 9 nitrogen and oxygen atoms in total. The minimum atomic E-state index is -0.341. The summed E-state index contributed by atoms with van der Waals surface area (Å²) in [5, 5.41) is 9.35. The molecule has 0 unspecified atom stereocenters. The first-order chi connectivity index (χ1) is 19.2. The second-order valence-electron chi connectivity index (χ2n) is 9.65. The van der Waals surface area contributed by atoms with Crippen LogP contribution >= 0.6 is 0 Å². The zero-order valence-electron chi connectivity index (χ0n) is 21.1. The van der Waals surface area contributed by atoms with Gasteiger partial charge in [0.25, 0.3) is 0 Å². The predicted octanol–water partition coefficient (Wildman–Crippen LogP) is 5.24. The molecular weight excluding hydrogens is 495 g/mol. The molecule has 1 aliphatic rings. The second kappa shape index (κ2) is 9.88. The highest BCUT2D eigenvalue weighted by Crippen LogP contribution is 2.35. The quantitative estimate of drug-likeness (QED) is 0.296. The van der Waals surface area contributed by atoms with Crippen LogP contribution in [-0.2, 0) is 0 Å². The number of ether oxygens (including phenoxy) is 1. The van der Waals surface area contributed by atoms with Gasteiger partial charge in [0.1, 0.15) is 35.2 Å². The molecule has 1 fully saturated rings. The summed E-state index contributed by atoms with van der Waals surface area (Å²) in [4.78, 5) is 23.3. The fourth-order valence-corrected chi connectivity index (χ4v) is 5.20. The smallest absolute Gasteiger partial charge is 0.138 e. The van der Waals surface area contributed by atoms with Crippen LogP contribution in [0.2, 0.25) is 0 Å². The Balaban J connectivity index is 1.23. The molecule has 6 aromatic rings. The van der Waals surface area contributed by atoms with Gasteiger partial charge in [-0.25, -0.2) is 9.37 Å². The van der Waals surface area contributed by atoms with Crippen molar-refractivity contribution in [2.75, 3.05) is 26.2 Å². The number of benzene rings is 1. The summed E-state index contributed by atoms with van der Waals surface area (Å²) in [5.74, 6) is 0.180. The fraction of sp³-hybridized carbons (Fsp3) is 0.207. The molecule has 0 spiro atoms. The Kier molecular flexibility index (Phi) is 5.93. The highest BCUT2D eigenvalue weighted by Gasteiger charge is 2.17. The molecule has 10 heteroatoms. The number of hydrogen-bond acceptors (Lipinski definition) is 7. The molecule has 2 N–H and O–H groups in total. The van der Waals surface area contributed by atoms with Gasteiger partial charge in [0.05, 0.1) is 29.3 Å². The van der Waals surface area contributed by atoms with E-state index in [1.807, 2.05) is 24.3 Å². The molecule has 0 aliphatic carbocycles. The van der Waals surface area contributed by atoms with E-state index < -0.39 is 0 Å². The highest BCUT2D eigenvalue weighted by atomic mass is 19.1. The third kappa shape index (κ3) is 4.59. The van der Waals surface area contributed by atoms with E-state index in [2.05, 4.69) is 40.0 Å². The van der Waals surface area contributed by atoms with Crippen molar-refractivity contribution in [3.05, 3.63) is 73.2 Å². The molecule has 0 saturated carbocycles. The molecule has 1 aromatic carbocycles. The lowest BCUT2D eigenvalue weighted by molar-refractivity contribution is 0.237. The first-order valence-corrected chi connectivity index (χ1v) is 13.0. The van der Waals surface area contributed by atoms with Crippen LogP contribution in [0, 0.1) is 5.82 Å². The average Bonchev–Trinajstić information content (AvgIpc) is 3.72. The van der Waals surface area contributed by atoms with Crippen LogP contribution in [0.5, 0.6) is 5.75 Å². The summed E-state index contributed by atoms with van der Waals surface area (Å²) in [5.41, 5.74) is 5.95. The molecule has 194 valence electrons. The van der Waals surface area contributed by atoms with Crippen LogP contribution in [0.3, 0.4) is 0 Å². The summed E-state index contributed by atoms with van der Waals surface area (Å²) < 4.78 is 20.6. The molecule has 0 atom stereocenters. The Labute approximate surface area is 223 Å². The summed E-state index contributed by atoms with van der Waals surface area (Å²) in [7, 11) is 0. The van der Waals surface area contributed by atoms with Gasteiger partial charge in [-0.15, -0.1) is 0 Å². The van der Waals surface area contributed by atoms with E-state index in [4.69, 9.17) is 4.74 Å². The Hall–Kier alpha value is -4.70. The molecule has 0 bridgehead atoms. The van der Waals surface area contributed by atoms with Crippen LogP contribution in [0.15, 0.2) is 67.4 Å². The third-order valence-electron chi connectivity index (χ3n) is 7.12. The van der Waals surface area contributed by atoms with Gasteiger partial charge in [-0.3, -0.25) is 25.0 Å². The maximum absolute atomic E-state index is 14.7. The van der Waals surface area contributed by atoms with Crippen molar-refractivity contribution >= 4 is 21.9 Å². The number of nitrogens with one attached hydrogen (secondary N) is 2. The van der Waals surface area contributed by atoms with Gasteiger partial charge in [-0.1, -0.05) is 0 Å². The number of fused-ring (bicyclic) bond motifs is 2. The van der Waals surface area contributed by atoms with E-state index in [0.717, 1.165) is 58.4 Å². The molecule has 7 rings (SSSR count). The highest BCUT2D eigenvalue weighted by molar-refractivity contribution is 6.00. The number of H-pyrrole nitrogens is 2. The fourth-order valence-electron chi connectivity index (χ4n) is 5.20. The van der Waals surface area contributed by atoms with Crippen LogP contribution in [0.4, 0.5) is 4.39 Å². The number of pyridine rings is 2. The molecule has 0 radical (unpaired) electrons. The Morgan fingerprint density at radius 1 is 0.897 bits per heavy atom. The number of rotatable bonds is 7. The third-order valence-corrected chi connectivity index (χ3v) is 7.12. The second-order valence-corrected chi connectivity index (χ2v) is 9.65. The number of aromatic amines is 2. The normalized spacial score (nSPS) is 14.0. The number of halogens is 1. The van der Waals surface area contributed by atoms with Crippen LogP contribution in [0.1, 0.15) is 12.8 Å². The first-order valence-electron chi connectivity index (χ1n) is 13.0. The zero-order valence-corrected chi connectivity index (χ0v) is 21.1. The number of aromatic nitrogens is 7. The number of hydrogen-bond donors (Lipinski definition) is 2. The van der Waals surface area contributed by atoms with Gasteiger partial charge >= 0.3 is 0 Å². The molecule has 6 heterocycles. The number of nitrogens with zero attached hydrogens (tertiary/aromatic N) is 6. The van der Waals surface area contributed by atoms with Crippen LogP contribution < -0.4 is 4.74 Å². The molecule has 39 heavy (non-hydrogen) atoms. The summed E-state index contributed by atoms with van der Waals surface area (Å²) in [6, 6.07) is 10.7. The molecule has 1 saturated heterocycles. The SMILES string of the molecule is Fc1cc(OCCN2CCCC2)cc(-c2ccnc3[nH]c(-c4n[nH]c5cnc(-c6cnccn6)cc45)cc23)c1. The first kappa shape index (κ1) is 23.4. The predicted molar refractivity (Wildman–Crippen MR) is 147 cm³/mol. The Morgan fingerprint density at radius 2 is 1.82 bits per heavy atom. The lowest BCUT2D eigenvalue weighted by Gasteiger charge is -2.15. The van der Waals surface area contributed by atoms with Gasteiger partial charge in [0.15, 0.2) is 0 Å². The van der Waals surface area contributed by atoms with Gasteiger partial charge in [0.2, 0.25) is 0 Å². The topological polar surface area (TPSA) is 108 Å². The summed E-state index contributed by atoms with van der Waals surface area (Å²) in [6.07, 6.45) is 10.9. The minimum Gasteiger partial charge on any atom is -0.492 e. The van der Waals surface area contributed by atoms with Crippen molar-refractivity contribution in [2.45, 2.75) is 12.8 Å². The van der Waals surface area contributed by atoms with Crippen molar-refractivity contribution in [1.82, 2.24) is 40.0 Å². The Morgan fingerprint density at radius 3 is 2.69 bits per heavy atom. The summed E-state index contributed by atoms with van der Waals surface area (Å²) >= 11 is 0. The van der Waals surface area contributed by atoms with Crippen molar-refractivity contribution in [3.63, 3.8) is 0 Å². The van der Waals surface area contributed by atoms with Crippen molar-refractivity contribution < 1.29 is 9.13 Å². The monoisotopic (exact) mass is 520 g/mol. The van der Waals surface area contributed by atoms with E-state index in [9.17, 15) is 4.39 Å². The van der Waals surface area contributed by atoms with E-state index in [1.54, 1.807) is 31.0 Å². The molecular formula is C29H25FN8O. The Bertz CT molecular complexity index is 1780. The zero-order chi connectivity index (χ0) is 26.2. The summed E-state index contributed by atoms with van der Waals surface area (Å²) in [6.45, 7) is 3.58. The largest absolute Gasteiger partial charge is 0.492 e. The van der Waals surface area contributed by atoms with E-state index >= 15 is 0 Å². The van der Waals surface area contributed by atoms with Gasteiger partial charge in [0, 0.05) is 42.0 Å². The lowest BCUT2D eigenvalue weighted by Crippen LogP contribution is -2.25. The maximum Gasteiger partial charge on any atom is 0.138 e. The van der Waals surface area contributed by atoms with E-state index in [0.29, 0.717) is 29.4 Å². The minimum absolute atomic E-state index is 0.341. The lowest BCUT2D eigenvalue weighted by atomic mass is 10.0. The molecule has 5 aromatic heterocycles. The van der Waals surface area contributed by atoms with Crippen molar-refractivity contribution in [1.29, 1.82) is 0 Å². The van der Waals surface area contributed by atoms with E-state index in [1.165, 1.54) is 25.0 Å². The van der Waals surface area contributed by atoms with Gasteiger partial charge in [-0.05, 0) is 67.4 Å². The van der Waals surface area contributed by atoms with E-state index in [-0.39, 0.29) is 5.82 Å². The van der Waals surface area contributed by atoms with Crippen LogP contribution in [0.25, 0.3) is 55.8 Å². The number of likely N-dealkylation sites (tertiary alicyclic amines) is 1. The molecule has 1 aliphatic heterocycles. The average molecular weight is 521 g/mol. The van der Waals surface area contributed by atoms with Crippen molar-refractivity contribution in [3.8, 4) is 39.7 Å².